The van der Waals surface area contributed by atoms with E-state index in [-0.39, 0.29) is 23.1 Å². The maximum absolute atomic E-state index is 12.9. The number of hydrogen-bond acceptors (Lipinski definition) is 4. The molecule has 1 fully saturated rings. The summed E-state index contributed by atoms with van der Waals surface area (Å²) in [5, 5.41) is 9.17. The molecule has 5 nitrogen and oxygen atoms in total. The SMILES string of the molecule is N#Cc1ccccc1S(=O)(=O)N1CCCC(Oc2ccccc2)C1. The molecule has 1 aliphatic heterocycles. The molecule has 0 spiro atoms. The molecule has 0 aliphatic carbocycles. The highest BCUT2D eigenvalue weighted by atomic mass is 32.2. The van der Waals surface area contributed by atoms with E-state index in [1.54, 1.807) is 12.1 Å². The van der Waals surface area contributed by atoms with Crippen LogP contribution in [-0.2, 0) is 10.0 Å². The third kappa shape index (κ3) is 3.42. The van der Waals surface area contributed by atoms with Gasteiger partial charge in [-0.25, -0.2) is 8.42 Å². The number of nitrogens with zero attached hydrogens (tertiary/aromatic N) is 2. The van der Waals surface area contributed by atoms with Crippen LogP contribution >= 0.6 is 0 Å². The van der Waals surface area contributed by atoms with Gasteiger partial charge in [-0.2, -0.15) is 9.57 Å². The first-order chi connectivity index (χ1) is 11.6. The largest absolute Gasteiger partial charge is 0.489 e. The molecular weight excluding hydrogens is 324 g/mol. The number of piperidine rings is 1. The van der Waals surface area contributed by atoms with Gasteiger partial charge in [0.2, 0.25) is 10.0 Å². The molecule has 0 bridgehead atoms. The Kier molecular flexibility index (Phi) is 4.84. The molecule has 124 valence electrons. The second-order valence-electron chi connectivity index (χ2n) is 5.67. The van der Waals surface area contributed by atoms with Gasteiger partial charge in [0.05, 0.1) is 17.0 Å². The Morgan fingerprint density at radius 3 is 2.54 bits per heavy atom. The minimum absolute atomic E-state index is 0.0628. The van der Waals surface area contributed by atoms with Crippen molar-refractivity contribution in [3.63, 3.8) is 0 Å². The normalized spacial score (nSPS) is 18.7. The Balaban J connectivity index is 1.80. The van der Waals surface area contributed by atoms with Crippen LogP contribution in [0.25, 0.3) is 0 Å². The van der Waals surface area contributed by atoms with Crippen LogP contribution in [0.5, 0.6) is 5.75 Å². The lowest BCUT2D eigenvalue weighted by atomic mass is 10.1. The molecule has 0 amide bonds. The monoisotopic (exact) mass is 342 g/mol. The molecule has 0 aromatic heterocycles. The van der Waals surface area contributed by atoms with Crippen molar-refractivity contribution >= 4 is 10.0 Å². The predicted octanol–water partition coefficient (Wildman–Crippen LogP) is 2.79. The summed E-state index contributed by atoms with van der Waals surface area (Å²) in [6, 6.07) is 17.7. The van der Waals surface area contributed by atoms with Crippen molar-refractivity contribution in [1.82, 2.24) is 4.31 Å². The minimum atomic E-state index is -3.70. The molecule has 1 atom stereocenters. The van der Waals surface area contributed by atoms with Crippen molar-refractivity contribution in [2.24, 2.45) is 0 Å². The molecule has 24 heavy (non-hydrogen) atoms. The highest BCUT2D eigenvalue weighted by Gasteiger charge is 2.32. The van der Waals surface area contributed by atoms with Crippen molar-refractivity contribution in [1.29, 1.82) is 5.26 Å². The van der Waals surface area contributed by atoms with Crippen LogP contribution in [0.3, 0.4) is 0 Å². The number of rotatable bonds is 4. The van der Waals surface area contributed by atoms with E-state index in [2.05, 4.69) is 0 Å². The summed E-state index contributed by atoms with van der Waals surface area (Å²) in [7, 11) is -3.70. The van der Waals surface area contributed by atoms with E-state index in [1.807, 2.05) is 36.4 Å². The summed E-state index contributed by atoms with van der Waals surface area (Å²) in [6.45, 7) is 0.730. The average molecular weight is 342 g/mol. The summed E-state index contributed by atoms with van der Waals surface area (Å²) < 4.78 is 33.1. The molecule has 0 radical (unpaired) electrons. The third-order valence-corrected chi connectivity index (χ3v) is 5.94. The molecule has 0 saturated carbocycles. The van der Waals surface area contributed by atoms with Crippen molar-refractivity contribution in [2.75, 3.05) is 13.1 Å². The number of ether oxygens (including phenoxy) is 1. The number of para-hydroxylation sites is 1. The quantitative estimate of drug-likeness (QED) is 0.857. The molecule has 1 unspecified atom stereocenters. The van der Waals surface area contributed by atoms with Gasteiger partial charge >= 0.3 is 0 Å². The van der Waals surface area contributed by atoms with Crippen LogP contribution in [0.1, 0.15) is 18.4 Å². The molecule has 1 saturated heterocycles. The first-order valence-electron chi connectivity index (χ1n) is 7.82. The van der Waals surface area contributed by atoms with Crippen LogP contribution < -0.4 is 4.74 Å². The number of hydrogen-bond donors (Lipinski definition) is 0. The zero-order valence-electron chi connectivity index (χ0n) is 13.1. The molecule has 2 aromatic carbocycles. The molecule has 1 aliphatic rings. The van der Waals surface area contributed by atoms with E-state index in [9.17, 15) is 8.42 Å². The minimum Gasteiger partial charge on any atom is -0.489 e. The second-order valence-corrected chi connectivity index (χ2v) is 7.57. The maximum atomic E-state index is 12.9. The zero-order chi connectivity index (χ0) is 17.0. The fraction of sp³-hybridized carbons (Fsp3) is 0.278. The Morgan fingerprint density at radius 1 is 1.08 bits per heavy atom. The smallest absolute Gasteiger partial charge is 0.244 e. The highest BCUT2D eigenvalue weighted by Crippen LogP contribution is 2.25. The van der Waals surface area contributed by atoms with Crippen molar-refractivity contribution in [2.45, 2.75) is 23.8 Å². The maximum Gasteiger partial charge on any atom is 0.244 e. The number of nitriles is 1. The van der Waals surface area contributed by atoms with E-state index in [4.69, 9.17) is 10.00 Å². The Morgan fingerprint density at radius 2 is 1.79 bits per heavy atom. The van der Waals surface area contributed by atoms with Crippen molar-refractivity contribution in [3.8, 4) is 11.8 Å². The van der Waals surface area contributed by atoms with Crippen LogP contribution in [0.15, 0.2) is 59.5 Å². The first kappa shape index (κ1) is 16.5. The van der Waals surface area contributed by atoms with Gasteiger partial charge < -0.3 is 4.74 Å². The molecule has 1 heterocycles. The van der Waals surface area contributed by atoms with Gasteiger partial charge in [0, 0.05) is 6.54 Å². The first-order valence-corrected chi connectivity index (χ1v) is 9.26. The summed E-state index contributed by atoms with van der Waals surface area (Å²) >= 11 is 0. The summed E-state index contributed by atoms with van der Waals surface area (Å²) in [6.07, 6.45) is 1.34. The topological polar surface area (TPSA) is 70.4 Å². The molecule has 2 aromatic rings. The number of benzene rings is 2. The van der Waals surface area contributed by atoms with Gasteiger partial charge in [-0.1, -0.05) is 30.3 Å². The zero-order valence-corrected chi connectivity index (χ0v) is 13.9. The lowest BCUT2D eigenvalue weighted by Crippen LogP contribution is -2.44. The van der Waals surface area contributed by atoms with E-state index in [1.165, 1.54) is 16.4 Å². The highest BCUT2D eigenvalue weighted by molar-refractivity contribution is 7.89. The Labute approximate surface area is 142 Å². The molecule has 3 rings (SSSR count). The second kappa shape index (κ2) is 7.04. The molecule has 6 heteroatoms. The van der Waals surface area contributed by atoms with Crippen molar-refractivity contribution < 1.29 is 13.2 Å². The van der Waals surface area contributed by atoms with Gasteiger partial charge in [0.25, 0.3) is 0 Å². The van der Waals surface area contributed by atoms with Crippen molar-refractivity contribution in [3.05, 3.63) is 60.2 Å². The Hall–Kier alpha value is -2.36. The van der Waals surface area contributed by atoms with E-state index >= 15 is 0 Å². The summed E-state index contributed by atoms with van der Waals surface area (Å²) in [5.74, 6) is 0.735. The number of sulfonamides is 1. The fourth-order valence-corrected chi connectivity index (χ4v) is 4.49. The lowest BCUT2D eigenvalue weighted by Gasteiger charge is -2.32. The average Bonchev–Trinajstić information content (AvgIpc) is 2.63. The van der Waals surface area contributed by atoms with Crippen LogP contribution in [0.4, 0.5) is 0 Å². The fourth-order valence-electron chi connectivity index (χ4n) is 2.83. The third-order valence-electron chi connectivity index (χ3n) is 4.01. The Bertz CT molecular complexity index is 844. The van der Waals surface area contributed by atoms with E-state index in [0.29, 0.717) is 6.54 Å². The molecular formula is C18H18N2O3S. The van der Waals surface area contributed by atoms with E-state index in [0.717, 1.165) is 18.6 Å². The standard InChI is InChI=1S/C18H18N2O3S/c19-13-15-7-4-5-11-18(15)24(21,22)20-12-6-10-17(14-20)23-16-8-2-1-3-9-16/h1-5,7-9,11,17H,6,10,12,14H2. The van der Waals surface area contributed by atoms with Gasteiger partial charge in [-0.05, 0) is 37.1 Å². The van der Waals surface area contributed by atoms with Gasteiger partial charge in [-0.15, -0.1) is 0 Å². The van der Waals surface area contributed by atoms with Crippen LogP contribution in [0, 0.1) is 11.3 Å². The molecule has 0 N–H and O–H groups in total. The van der Waals surface area contributed by atoms with Gasteiger partial charge in [0.1, 0.15) is 17.9 Å². The lowest BCUT2D eigenvalue weighted by molar-refractivity contribution is 0.130. The summed E-state index contributed by atoms with van der Waals surface area (Å²) in [4.78, 5) is 0.0628. The van der Waals surface area contributed by atoms with Gasteiger partial charge in [0.15, 0.2) is 0 Å². The van der Waals surface area contributed by atoms with E-state index < -0.39 is 10.0 Å². The van der Waals surface area contributed by atoms with Crippen LogP contribution in [-0.4, -0.2) is 31.9 Å². The predicted molar refractivity (Wildman–Crippen MR) is 90.0 cm³/mol. The summed E-state index contributed by atoms with van der Waals surface area (Å²) in [5.41, 5.74) is 0.170. The van der Waals surface area contributed by atoms with Crippen LogP contribution in [0.2, 0.25) is 0 Å². The van der Waals surface area contributed by atoms with Gasteiger partial charge in [-0.3, -0.25) is 0 Å².